The standard InChI is InChI=1S/C34H68N2O3/c1-5-7-9-11-13-16-22-31(23-17-14-12-10-8-6-2)30-35-33(37)26-18-15-19-28-36(32-24-20-25-32)29-21-27-34(38-3)39-4/h31-32,34H,5-30H2,1-4H3,(H,35,37). The van der Waals surface area contributed by atoms with Crippen LogP contribution in [0, 0.1) is 5.92 Å². The molecule has 0 aromatic heterocycles. The molecule has 1 amide bonds. The van der Waals surface area contributed by atoms with Gasteiger partial charge in [0.2, 0.25) is 5.91 Å². The number of unbranched alkanes of at least 4 members (excludes halogenated alkanes) is 12. The summed E-state index contributed by atoms with van der Waals surface area (Å²) in [6.45, 7) is 7.75. The van der Waals surface area contributed by atoms with E-state index in [9.17, 15) is 4.79 Å². The van der Waals surface area contributed by atoms with E-state index in [1.54, 1.807) is 14.2 Å². The SMILES string of the molecule is CCCCCCCCC(CCCCCCCC)CNC(=O)CCCCCN(CCCC(OC)OC)C1CCC1. The fourth-order valence-electron chi connectivity index (χ4n) is 5.92. The van der Waals surface area contributed by atoms with E-state index >= 15 is 0 Å². The van der Waals surface area contributed by atoms with Gasteiger partial charge in [-0.15, -0.1) is 0 Å². The molecule has 0 unspecified atom stereocenters. The summed E-state index contributed by atoms with van der Waals surface area (Å²) in [6.07, 6.45) is 28.9. The Kier molecular flexibility index (Phi) is 24.5. The van der Waals surface area contributed by atoms with Crippen LogP contribution in [0.25, 0.3) is 0 Å². The predicted octanol–water partition coefficient (Wildman–Crippen LogP) is 9.03. The van der Waals surface area contributed by atoms with Gasteiger partial charge in [-0.3, -0.25) is 4.79 Å². The van der Waals surface area contributed by atoms with Crippen LogP contribution in [0.1, 0.15) is 162 Å². The van der Waals surface area contributed by atoms with Crippen LogP contribution in [0.5, 0.6) is 0 Å². The van der Waals surface area contributed by atoms with Crippen molar-refractivity contribution >= 4 is 5.91 Å². The zero-order valence-corrected chi connectivity index (χ0v) is 26.8. The van der Waals surface area contributed by atoms with Gasteiger partial charge in [-0.05, 0) is 70.4 Å². The lowest BCUT2D eigenvalue weighted by atomic mass is 9.91. The molecule has 1 aliphatic rings. The van der Waals surface area contributed by atoms with Gasteiger partial charge in [-0.2, -0.15) is 0 Å². The van der Waals surface area contributed by atoms with E-state index in [1.807, 2.05) is 0 Å². The number of nitrogens with one attached hydrogen (secondary N) is 1. The minimum Gasteiger partial charge on any atom is -0.356 e. The summed E-state index contributed by atoms with van der Waals surface area (Å²) in [5.41, 5.74) is 0. The number of hydrogen-bond acceptors (Lipinski definition) is 4. The second-order valence-corrected chi connectivity index (χ2v) is 12.3. The fourth-order valence-corrected chi connectivity index (χ4v) is 5.92. The van der Waals surface area contributed by atoms with Crippen LogP contribution >= 0.6 is 0 Å². The fraction of sp³-hybridized carbons (Fsp3) is 0.971. The molecule has 0 radical (unpaired) electrons. The molecule has 232 valence electrons. The second kappa shape index (κ2) is 26.3. The largest absolute Gasteiger partial charge is 0.356 e. The molecule has 1 saturated carbocycles. The summed E-state index contributed by atoms with van der Waals surface area (Å²) >= 11 is 0. The first-order valence-electron chi connectivity index (χ1n) is 17.2. The Balaban J connectivity index is 2.24. The van der Waals surface area contributed by atoms with Gasteiger partial charge in [-0.1, -0.05) is 104 Å². The molecule has 0 aromatic carbocycles. The van der Waals surface area contributed by atoms with Gasteiger partial charge in [0, 0.05) is 33.2 Å². The number of amides is 1. The first-order valence-corrected chi connectivity index (χ1v) is 17.2. The van der Waals surface area contributed by atoms with Crippen molar-refractivity contribution in [3.63, 3.8) is 0 Å². The highest BCUT2D eigenvalue weighted by atomic mass is 16.7. The number of carbonyl (C=O) groups is 1. The third-order valence-electron chi connectivity index (χ3n) is 8.87. The minimum absolute atomic E-state index is 0.0806. The van der Waals surface area contributed by atoms with Gasteiger partial charge in [0.05, 0.1) is 0 Å². The molecule has 5 heteroatoms. The highest BCUT2D eigenvalue weighted by Gasteiger charge is 2.24. The second-order valence-electron chi connectivity index (χ2n) is 12.3. The minimum atomic E-state index is -0.0806. The average Bonchev–Trinajstić information content (AvgIpc) is 2.91. The van der Waals surface area contributed by atoms with E-state index < -0.39 is 0 Å². The monoisotopic (exact) mass is 553 g/mol. The molecule has 0 aliphatic heterocycles. The van der Waals surface area contributed by atoms with Crippen molar-refractivity contribution in [3.05, 3.63) is 0 Å². The molecular formula is C34H68N2O3. The Morgan fingerprint density at radius 2 is 1.26 bits per heavy atom. The number of nitrogens with zero attached hydrogens (tertiary/aromatic N) is 1. The molecule has 1 rings (SSSR count). The molecule has 0 aromatic rings. The van der Waals surface area contributed by atoms with Gasteiger partial charge >= 0.3 is 0 Å². The van der Waals surface area contributed by atoms with Crippen molar-refractivity contribution < 1.29 is 14.3 Å². The van der Waals surface area contributed by atoms with Gasteiger partial charge in [-0.25, -0.2) is 0 Å². The van der Waals surface area contributed by atoms with Crippen molar-refractivity contribution in [2.45, 2.75) is 174 Å². The first kappa shape index (κ1) is 36.4. The Hall–Kier alpha value is -0.650. The summed E-state index contributed by atoms with van der Waals surface area (Å²) in [7, 11) is 3.44. The summed E-state index contributed by atoms with van der Waals surface area (Å²) in [6, 6.07) is 0.770. The van der Waals surface area contributed by atoms with Gasteiger partial charge < -0.3 is 19.7 Å². The zero-order valence-electron chi connectivity index (χ0n) is 26.8. The molecule has 0 heterocycles. The lowest BCUT2D eigenvalue weighted by Crippen LogP contribution is -2.41. The predicted molar refractivity (Wildman–Crippen MR) is 167 cm³/mol. The normalized spacial score (nSPS) is 14.0. The number of carbonyl (C=O) groups excluding carboxylic acids is 1. The summed E-state index contributed by atoms with van der Waals surface area (Å²) in [5, 5.41) is 3.32. The molecule has 0 saturated heterocycles. The Bertz CT molecular complexity index is 521. The average molecular weight is 553 g/mol. The molecule has 0 spiro atoms. The third kappa shape index (κ3) is 20.0. The van der Waals surface area contributed by atoms with Gasteiger partial charge in [0.15, 0.2) is 6.29 Å². The van der Waals surface area contributed by atoms with Crippen LogP contribution in [-0.2, 0) is 14.3 Å². The molecule has 0 bridgehead atoms. The number of hydrogen-bond donors (Lipinski definition) is 1. The first-order chi connectivity index (χ1) is 19.1. The van der Waals surface area contributed by atoms with Crippen molar-refractivity contribution in [2.24, 2.45) is 5.92 Å². The molecule has 1 fully saturated rings. The van der Waals surface area contributed by atoms with E-state index in [0.717, 1.165) is 51.4 Å². The molecule has 39 heavy (non-hydrogen) atoms. The van der Waals surface area contributed by atoms with E-state index in [-0.39, 0.29) is 12.2 Å². The Morgan fingerprint density at radius 1 is 0.718 bits per heavy atom. The van der Waals surface area contributed by atoms with Crippen molar-refractivity contribution in [1.82, 2.24) is 10.2 Å². The van der Waals surface area contributed by atoms with E-state index in [1.165, 1.54) is 116 Å². The van der Waals surface area contributed by atoms with E-state index in [0.29, 0.717) is 12.3 Å². The maximum absolute atomic E-state index is 12.6. The van der Waals surface area contributed by atoms with Crippen LogP contribution in [0.2, 0.25) is 0 Å². The number of methoxy groups -OCH3 is 2. The zero-order chi connectivity index (χ0) is 28.4. The summed E-state index contributed by atoms with van der Waals surface area (Å²) in [4.78, 5) is 15.3. The highest BCUT2D eigenvalue weighted by Crippen LogP contribution is 2.26. The lowest BCUT2D eigenvalue weighted by molar-refractivity contribution is -0.121. The number of rotatable bonds is 29. The van der Waals surface area contributed by atoms with Gasteiger partial charge in [0.25, 0.3) is 0 Å². The van der Waals surface area contributed by atoms with E-state index in [2.05, 4.69) is 24.1 Å². The smallest absolute Gasteiger partial charge is 0.220 e. The van der Waals surface area contributed by atoms with Crippen LogP contribution in [-0.4, -0.2) is 57.0 Å². The third-order valence-corrected chi connectivity index (χ3v) is 8.87. The highest BCUT2D eigenvalue weighted by molar-refractivity contribution is 5.75. The van der Waals surface area contributed by atoms with E-state index in [4.69, 9.17) is 9.47 Å². The Labute approximate surface area is 243 Å². The summed E-state index contributed by atoms with van der Waals surface area (Å²) in [5.74, 6) is 0.935. The quantitative estimate of drug-likeness (QED) is 0.0743. The maximum atomic E-state index is 12.6. The molecule has 0 atom stereocenters. The summed E-state index contributed by atoms with van der Waals surface area (Å²) < 4.78 is 10.7. The Morgan fingerprint density at radius 3 is 1.79 bits per heavy atom. The lowest BCUT2D eigenvalue weighted by Gasteiger charge is -2.38. The number of ether oxygens (including phenoxy) is 2. The van der Waals surface area contributed by atoms with Crippen LogP contribution < -0.4 is 5.32 Å². The molecule has 1 aliphatic carbocycles. The molecule has 5 nitrogen and oxygen atoms in total. The van der Waals surface area contributed by atoms with Crippen LogP contribution in [0.3, 0.4) is 0 Å². The molecular weight excluding hydrogens is 484 g/mol. The topological polar surface area (TPSA) is 50.8 Å². The maximum Gasteiger partial charge on any atom is 0.220 e. The van der Waals surface area contributed by atoms with Crippen molar-refractivity contribution in [1.29, 1.82) is 0 Å². The van der Waals surface area contributed by atoms with Crippen LogP contribution in [0.15, 0.2) is 0 Å². The van der Waals surface area contributed by atoms with Crippen molar-refractivity contribution in [2.75, 3.05) is 33.9 Å². The van der Waals surface area contributed by atoms with Gasteiger partial charge in [0.1, 0.15) is 0 Å². The van der Waals surface area contributed by atoms with Crippen LogP contribution in [0.4, 0.5) is 0 Å². The molecule has 1 N–H and O–H groups in total. The van der Waals surface area contributed by atoms with Crippen molar-refractivity contribution in [3.8, 4) is 0 Å².